The Morgan fingerprint density at radius 1 is 1.75 bits per heavy atom. The predicted octanol–water partition coefficient (Wildman–Crippen LogP) is 2.87. The lowest BCUT2D eigenvalue weighted by Crippen LogP contribution is -1.92. The van der Waals surface area contributed by atoms with E-state index in [0.29, 0.717) is 3.92 Å². The zero-order valence-corrected chi connectivity index (χ0v) is 7.19. The number of allylic oxidation sites excluding steroid dienone is 4. The third-order valence-electron chi connectivity index (χ3n) is 1.00. The van der Waals surface area contributed by atoms with E-state index in [1.54, 1.807) is 0 Å². The molecule has 0 N–H and O–H groups in total. The van der Waals surface area contributed by atoms with Gasteiger partial charge in [0.05, 0.1) is 0 Å². The summed E-state index contributed by atoms with van der Waals surface area (Å²) in [7, 11) is 0. The first-order valence-electron chi connectivity index (χ1n) is 2.47. The van der Waals surface area contributed by atoms with Gasteiger partial charge in [-0.05, 0) is 12.5 Å². The van der Waals surface area contributed by atoms with Gasteiger partial charge in [-0.3, -0.25) is 0 Å². The predicted molar refractivity (Wildman–Crippen MR) is 45.5 cm³/mol. The third kappa shape index (κ3) is 1.78. The first-order valence-corrected chi connectivity index (χ1v) is 4.09. The Morgan fingerprint density at radius 3 is 2.88 bits per heavy atom. The van der Waals surface area contributed by atoms with Crippen LogP contribution in [0.3, 0.4) is 0 Å². The van der Waals surface area contributed by atoms with E-state index in [0.717, 1.165) is 11.5 Å². The van der Waals surface area contributed by atoms with Crippen molar-refractivity contribution in [3.63, 3.8) is 0 Å². The molecular weight excluding hydrogens is 234 g/mol. The summed E-state index contributed by atoms with van der Waals surface area (Å²) < 4.78 is 0.648. The summed E-state index contributed by atoms with van der Waals surface area (Å²) in [6.07, 6.45) is 7.18. The van der Waals surface area contributed by atoms with Crippen molar-refractivity contribution in [2.45, 2.75) is 10.3 Å². The van der Waals surface area contributed by atoms with E-state index < -0.39 is 0 Å². The Morgan fingerprint density at radius 2 is 2.50 bits per heavy atom. The zero-order valence-electron chi connectivity index (χ0n) is 4.27. The van der Waals surface area contributed by atoms with Crippen molar-refractivity contribution in [2.75, 3.05) is 0 Å². The molecule has 0 aromatic carbocycles. The number of alkyl halides is 1. The van der Waals surface area contributed by atoms with E-state index in [1.165, 1.54) is 0 Å². The van der Waals surface area contributed by atoms with Crippen molar-refractivity contribution in [3.8, 4) is 0 Å². The fraction of sp³-hybridized carbons (Fsp3) is 0.333. The summed E-state index contributed by atoms with van der Waals surface area (Å²) in [4.78, 5) is 0. The highest BCUT2D eigenvalue weighted by molar-refractivity contribution is 14.1. The summed E-state index contributed by atoms with van der Waals surface area (Å²) in [5.74, 6) is 0. The first kappa shape index (κ1) is 6.62. The molecule has 1 atom stereocenters. The van der Waals surface area contributed by atoms with Gasteiger partial charge in [-0.25, -0.2) is 0 Å². The standard InChI is InChI=1S/C6H6ClI/c7-5-1-3-6(8)4-2-5/h1-3,6H,4H2/t6-/m1/s1. The fourth-order valence-corrected chi connectivity index (χ4v) is 1.19. The Kier molecular flexibility index (Phi) is 2.38. The monoisotopic (exact) mass is 240 g/mol. The highest BCUT2D eigenvalue weighted by atomic mass is 127. The van der Waals surface area contributed by atoms with Gasteiger partial charge in [-0.15, -0.1) is 0 Å². The molecule has 0 saturated carbocycles. The average molecular weight is 240 g/mol. The molecule has 1 aliphatic rings. The van der Waals surface area contributed by atoms with Gasteiger partial charge in [0.1, 0.15) is 0 Å². The molecule has 0 saturated heterocycles. The van der Waals surface area contributed by atoms with Gasteiger partial charge in [0.25, 0.3) is 0 Å². The van der Waals surface area contributed by atoms with Crippen LogP contribution in [-0.2, 0) is 0 Å². The molecule has 2 heteroatoms. The molecule has 0 aliphatic heterocycles. The van der Waals surface area contributed by atoms with Crippen LogP contribution in [0.15, 0.2) is 23.3 Å². The van der Waals surface area contributed by atoms with Gasteiger partial charge in [0, 0.05) is 8.96 Å². The molecule has 0 aromatic heterocycles. The quantitative estimate of drug-likeness (QED) is 0.451. The molecule has 1 rings (SSSR count). The van der Waals surface area contributed by atoms with Crippen molar-refractivity contribution < 1.29 is 0 Å². The maximum atomic E-state index is 5.65. The van der Waals surface area contributed by atoms with E-state index >= 15 is 0 Å². The molecule has 0 nitrogen and oxygen atoms in total. The van der Waals surface area contributed by atoms with Crippen LogP contribution in [-0.4, -0.2) is 3.92 Å². The third-order valence-corrected chi connectivity index (χ3v) is 2.21. The molecule has 8 heavy (non-hydrogen) atoms. The van der Waals surface area contributed by atoms with E-state index in [9.17, 15) is 0 Å². The Hall–Kier alpha value is 0.500. The molecule has 0 spiro atoms. The summed E-state index contributed by atoms with van der Waals surface area (Å²) in [6, 6.07) is 0. The lowest BCUT2D eigenvalue weighted by Gasteiger charge is -2.03. The van der Waals surface area contributed by atoms with E-state index in [-0.39, 0.29) is 0 Å². The van der Waals surface area contributed by atoms with Gasteiger partial charge in [-0.1, -0.05) is 46.3 Å². The smallest absolute Gasteiger partial charge is 0.0363 e. The van der Waals surface area contributed by atoms with Gasteiger partial charge in [0.15, 0.2) is 0 Å². The number of hydrogen-bond donors (Lipinski definition) is 0. The van der Waals surface area contributed by atoms with Crippen molar-refractivity contribution >= 4 is 34.2 Å². The second-order valence-electron chi connectivity index (χ2n) is 1.70. The molecule has 0 unspecified atom stereocenters. The van der Waals surface area contributed by atoms with E-state index in [1.807, 2.05) is 12.2 Å². The van der Waals surface area contributed by atoms with Crippen molar-refractivity contribution in [1.29, 1.82) is 0 Å². The number of halogens is 2. The summed E-state index contributed by atoms with van der Waals surface area (Å²) in [5, 5.41) is 0.873. The first-order chi connectivity index (χ1) is 3.79. The molecular formula is C6H6ClI. The van der Waals surface area contributed by atoms with Crippen LogP contribution in [0.1, 0.15) is 6.42 Å². The topological polar surface area (TPSA) is 0 Å². The average Bonchev–Trinajstić information content (AvgIpc) is 1.77. The highest BCUT2D eigenvalue weighted by Gasteiger charge is 2.00. The minimum absolute atomic E-state index is 0.648. The summed E-state index contributed by atoms with van der Waals surface area (Å²) in [5.41, 5.74) is 0. The van der Waals surface area contributed by atoms with Gasteiger partial charge < -0.3 is 0 Å². The van der Waals surface area contributed by atoms with Crippen LogP contribution >= 0.6 is 34.2 Å². The summed E-state index contributed by atoms with van der Waals surface area (Å²) in [6.45, 7) is 0. The largest absolute Gasteiger partial charge is 0.0847 e. The van der Waals surface area contributed by atoms with E-state index in [4.69, 9.17) is 11.6 Å². The van der Waals surface area contributed by atoms with Gasteiger partial charge in [0.2, 0.25) is 0 Å². The van der Waals surface area contributed by atoms with Crippen LogP contribution in [0.5, 0.6) is 0 Å². The normalized spacial score (nSPS) is 27.8. The van der Waals surface area contributed by atoms with Gasteiger partial charge >= 0.3 is 0 Å². The second kappa shape index (κ2) is 2.87. The molecule has 0 bridgehead atoms. The van der Waals surface area contributed by atoms with Crippen LogP contribution in [0, 0.1) is 0 Å². The second-order valence-corrected chi connectivity index (χ2v) is 3.74. The Balaban J connectivity index is 2.58. The summed E-state index contributed by atoms with van der Waals surface area (Å²) >= 11 is 8.03. The maximum absolute atomic E-state index is 5.65. The van der Waals surface area contributed by atoms with Crippen LogP contribution < -0.4 is 0 Å². The molecule has 0 amide bonds. The maximum Gasteiger partial charge on any atom is 0.0363 e. The number of rotatable bonds is 0. The Bertz CT molecular complexity index is 137. The molecule has 1 aliphatic carbocycles. The molecule has 0 aromatic rings. The molecule has 44 valence electrons. The highest BCUT2D eigenvalue weighted by Crippen LogP contribution is 2.18. The fourth-order valence-electron chi connectivity index (χ4n) is 0.568. The van der Waals surface area contributed by atoms with Crippen LogP contribution in [0.2, 0.25) is 0 Å². The zero-order chi connectivity index (χ0) is 5.98. The van der Waals surface area contributed by atoms with Crippen molar-refractivity contribution in [1.82, 2.24) is 0 Å². The Labute approximate surface area is 67.7 Å². The molecule has 0 heterocycles. The minimum atomic E-state index is 0.648. The minimum Gasteiger partial charge on any atom is -0.0847 e. The van der Waals surface area contributed by atoms with E-state index in [2.05, 4.69) is 28.7 Å². The van der Waals surface area contributed by atoms with Crippen LogP contribution in [0.4, 0.5) is 0 Å². The van der Waals surface area contributed by atoms with Crippen molar-refractivity contribution in [3.05, 3.63) is 23.3 Å². The van der Waals surface area contributed by atoms with Gasteiger partial charge in [-0.2, -0.15) is 0 Å². The van der Waals surface area contributed by atoms with Crippen molar-refractivity contribution in [2.24, 2.45) is 0 Å². The lowest BCUT2D eigenvalue weighted by molar-refractivity contribution is 1.09. The lowest BCUT2D eigenvalue weighted by atomic mass is 10.2. The molecule has 0 fully saturated rings. The number of hydrogen-bond acceptors (Lipinski definition) is 0. The molecule has 0 radical (unpaired) electrons. The van der Waals surface area contributed by atoms with Crippen LogP contribution in [0.25, 0.3) is 0 Å². The SMILES string of the molecule is ClC1=CC[C@H](I)C=C1.